The third-order valence-corrected chi connectivity index (χ3v) is 5.06. The van der Waals surface area contributed by atoms with E-state index in [2.05, 4.69) is 25.2 Å². The van der Waals surface area contributed by atoms with E-state index in [-0.39, 0.29) is 6.04 Å². The second-order valence-corrected chi connectivity index (χ2v) is 7.50. The number of halogens is 3. The summed E-state index contributed by atoms with van der Waals surface area (Å²) in [5.74, 6) is -0.346. The highest BCUT2D eigenvalue weighted by Crippen LogP contribution is 2.24. The Labute approximate surface area is 184 Å². The Hall–Kier alpha value is -3.03. The fraction of sp³-hybridized carbons (Fsp3) is 0.368. The highest BCUT2D eigenvalue weighted by Gasteiger charge is 2.38. The minimum absolute atomic E-state index is 0.0306. The van der Waals surface area contributed by atoms with Gasteiger partial charge in [0.05, 0.1) is 38.6 Å². The van der Waals surface area contributed by atoms with Crippen molar-refractivity contribution in [3.05, 3.63) is 58.8 Å². The Bertz CT molecular complexity index is 970. The van der Waals surface area contributed by atoms with E-state index in [1.54, 1.807) is 23.8 Å². The van der Waals surface area contributed by atoms with Gasteiger partial charge in [-0.2, -0.15) is 13.2 Å². The Balaban J connectivity index is 0.000000360. The number of furan rings is 1. The van der Waals surface area contributed by atoms with E-state index in [1.165, 1.54) is 0 Å². The number of morpholine rings is 1. The highest BCUT2D eigenvalue weighted by molar-refractivity contribution is 7.09. The van der Waals surface area contributed by atoms with Crippen LogP contribution in [0, 0.1) is 0 Å². The average Bonchev–Trinajstić information content (AvgIpc) is 3.47. The number of thiazole rings is 1. The standard InChI is InChI=1S/C17H19N5O2S.C2HF3O2/c1-2-13(24-7-1)10-20-15-3-4-19-17(21-15)14-12-23-8-6-22(14)11-16-18-5-9-25-16;3-2(4,5)1(6)7/h1-5,7,9,14H,6,8,10-12H2,(H,19,20,21);(H,6,7). The van der Waals surface area contributed by atoms with Gasteiger partial charge >= 0.3 is 12.1 Å². The second-order valence-electron chi connectivity index (χ2n) is 6.52. The van der Waals surface area contributed by atoms with Crippen LogP contribution in [0.25, 0.3) is 0 Å². The molecule has 0 bridgehead atoms. The highest BCUT2D eigenvalue weighted by atomic mass is 32.1. The van der Waals surface area contributed by atoms with E-state index < -0.39 is 12.1 Å². The SMILES string of the molecule is O=C(O)C(F)(F)F.c1coc(CNc2ccnc(C3COCCN3Cc3nccs3)n2)c1. The molecular weight excluding hydrogens is 451 g/mol. The maximum atomic E-state index is 10.6. The number of carboxylic acids is 1. The largest absolute Gasteiger partial charge is 0.490 e. The van der Waals surface area contributed by atoms with Crippen molar-refractivity contribution in [2.24, 2.45) is 0 Å². The Kier molecular flexibility index (Phi) is 8.14. The van der Waals surface area contributed by atoms with Crippen molar-refractivity contribution in [2.45, 2.75) is 25.3 Å². The molecule has 0 aliphatic carbocycles. The molecule has 0 aromatic carbocycles. The van der Waals surface area contributed by atoms with Crippen LogP contribution in [0.4, 0.5) is 19.0 Å². The molecule has 1 aliphatic rings. The fourth-order valence-corrected chi connectivity index (χ4v) is 3.43. The molecule has 3 aromatic rings. The number of carbonyl (C=O) groups is 1. The summed E-state index contributed by atoms with van der Waals surface area (Å²) in [6.45, 7) is 3.54. The fourth-order valence-electron chi connectivity index (χ4n) is 2.79. The summed E-state index contributed by atoms with van der Waals surface area (Å²) in [4.78, 5) is 24.8. The van der Waals surface area contributed by atoms with Gasteiger partial charge in [0.2, 0.25) is 0 Å². The number of anilines is 1. The van der Waals surface area contributed by atoms with Gasteiger partial charge in [0.15, 0.2) is 0 Å². The van der Waals surface area contributed by atoms with Crippen molar-refractivity contribution in [3.63, 3.8) is 0 Å². The molecule has 1 aliphatic heterocycles. The quantitative estimate of drug-likeness (QED) is 0.559. The van der Waals surface area contributed by atoms with E-state index in [9.17, 15) is 13.2 Å². The van der Waals surface area contributed by atoms with Crippen LogP contribution in [0.2, 0.25) is 0 Å². The second kappa shape index (κ2) is 11.0. The molecule has 1 saturated heterocycles. The number of rotatable bonds is 6. The van der Waals surface area contributed by atoms with Crippen LogP contribution < -0.4 is 5.32 Å². The normalized spacial score (nSPS) is 16.8. The van der Waals surface area contributed by atoms with Crippen LogP contribution in [-0.4, -0.2) is 56.9 Å². The van der Waals surface area contributed by atoms with Gasteiger partial charge in [0.25, 0.3) is 0 Å². The lowest BCUT2D eigenvalue weighted by Crippen LogP contribution is -2.39. The van der Waals surface area contributed by atoms with E-state index in [0.717, 1.165) is 42.1 Å². The van der Waals surface area contributed by atoms with Crippen LogP contribution in [0.1, 0.15) is 22.6 Å². The molecule has 32 heavy (non-hydrogen) atoms. The molecule has 0 spiro atoms. The zero-order valence-electron chi connectivity index (χ0n) is 16.7. The first kappa shape index (κ1) is 23.6. The summed E-state index contributed by atoms with van der Waals surface area (Å²) in [6.07, 6.45) is 0.201. The molecule has 1 unspecified atom stereocenters. The number of ether oxygens (including phenoxy) is 1. The zero-order valence-corrected chi connectivity index (χ0v) is 17.5. The van der Waals surface area contributed by atoms with Gasteiger partial charge in [0.1, 0.15) is 22.4 Å². The lowest BCUT2D eigenvalue weighted by atomic mass is 10.2. The molecule has 13 heteroatoms. The van der Waals surface area contributed by atoms with Crippen LogP contribution in [0.3, 0.4) is 0 Å². The molecule has 3 aromatic heterocycles. The summed E-state index contributed by atoms with van der Waals surface area (Å²) >= 11 is 1.67. The summed E-state index contributed by atoms with van der Waals surface area (Å²) in [7, 11) is 0. The monoisotopic (exact) mass is 471 g/mol. The zero-order chi connectivity index (χ0) is 23.0. The van der Waals surface area contributed by atoms with Crippen LogP contribution >= 0.6 is 11.3 Å². The topological polar surface area (TPSA) is 114 Å². The molecule has 9 nitrogen and oxygen atoms in total. The molecule has 2 N–H and O–H groups in total. The van der Waals surface area contributed by atoms with Crippen molar-refractivity contribution in [1.29, 1.82) is 0 Å². The number of hydrogen-bond donors (Lipinski definition) is 2. The van der Waals surface area contributed by atoms with Gasteiger partial charge < -0.3 is 19.6 Å². The van der Waals surface area contributed by atoms with Crippen molar-refractivity contribution in [1.82, 2.24) is 19.9 Å². The van der Waals surface area contributed by atoms with E-state index in [0.29, 0.717) is 13.2 Å². The molecule has 0 radical (unpaired) electrons. The summed E-state index contributed by atoms with van der Waals surface area (Å²) in [5.41, 5.74) is 0. The van der Waals surface area contributed by atoms with Gasteiger partial charge in [-0.05, 0) is 18.2 Å². The first-order valence-corrected chi connectivity index (χ1v) is 10.3. The molecule has 1 atom stereocenters. The minimum Gasteiger partial charge on any atom is -0.475 e. The molecule has 1 fully saturated rings. The number of aromatic nitrogens is 3. The lowest BCUT2D eigenvalue weighted by Gasteiger charge is -2.33. The average molecular weight is 471 g/mol. The van der Waals surface area contributed by atoms with Gasteiger partial charge in [-0.25, -0.2) is 19.7 Å². The van der Waals surface area contributed by atoms with E-state index in [4.69, 9.17) is 19.1 Å². The Morgan fingerprint density at radius 1 is 1.31 bits per heavy atom. The molecular formula is C19H20F3N5O4S. The third kappa shape index (κ3) is 7.00. The summed E-state index contributed by atoms with van der Waals surface area (Å²) < 4.78 is 42.7. The number of nitrogens with one attached hydrogen (secondary N) is 1. The molecule has 0 saturated carbocycles. The number of alkyl halides is 3. The van der Waals surface area contributed by atoms with Gasteiger partial charge in [-0.3, -0.25) is 4.90 Å². The smallest absolute Gasteiger partial charge is 0.475 e. The van der Waals surface area contributed by atoms with Gasteiger partial charge in [-0.1, -0.05) is 0 Å². The summed E-state index contributed by atoms with van der Waals surface area (Å²) in [5, 5.41) is 13.5. The summed E-state index contributed by atoms with van der Waals surface area (Å²) in [6, 6.07) is 5.70. The van der Waals surface area contributed by atoms with Crippen LogP contribution in [-0.2, 0) is 22.6 Å². The van der Waals surface area contributed by atoms with Crippen LogP contribution in [0.5, 0.6) is 0 Å². The first-order valence-electron chi connectivity index (χ1n) is 9.42. The van der Waals surface area contributed by atoms with Crippen molar-refractivity contribution < 1.29 is 32.2 Å². The number of aliphatic carboxylic acids is 1. The molecule has 0 amide bonds. The Morgan fingerprint density at radius 3 is 2.78 bits per heavy atom. The predicted octanol–water partition coefficient (Wildman–Crippen LogP) is 3.35. The van der Waals surface area contributed by atoms with Crippen molar-refractivity contribution in [2.75, 3.05) is 25.1 Å². The number of carboxylic acid groups (broad SMARTS) is 1. The maximum absolute atomic E-state index is 10.6. The van der Waals surface area contributed by atoms with E-state index in [1.807, 2.05) is 29.8 Å². The van der Waals surface area contributed by atoms with Crippen LogP contribution in [0.15, 0.2) is 46.7 Å². The van der Waals surface area contributed by atoms with E-state index >= 15 is 0 Å². The van der Waals surface area contributed by atoms with Gasteiger partial charge in [-0.15, -0.1) is 11.3 Å². The number of nitrogens with zero attached hydrogens (tertiary/aromatic N) is 4. The third-order valence-electron chi connectivity index (χ3n) is 4.30. The molecule has 4 heterocycles. The number of hydrogen-bond acceptors (Lipinski definition) is 9. The maximum Gasteiger partial charge on any atom is 0.490 e. The van der Waals surface area contributed by atoms with Crippen molar-refractivity contribution in [3.8, 4) is 0 Å². The van der Waals surface area contributed by atoms with Crippen molar-refractivity contribution >= 4 is 23.1 Å². The Morgan fingerprint density at radius 2 is 2.12 bits per heavy atom. The predicted molar refractivity (Wildman–Crippen MR) is 108 cm³/mol. The molecule has 4 rings (SSSR count). The lowest BCUT2D eigenvalue weighted by molar-refractivity contribution is -0.192. The van der Waals surface area contributed by atoms with Gasteiger partial charge in [0, 0.05) is 24.3 Å². The molecule has 172 valence electrons. The first-order chi connectivity index (χ1) is 15.3. The minimum atomic E-state index is -5.08.